The first-order valence-electron chi connectivity index (χ1n) is 11.0. The fourth-order valence-corrected chi connectivity index (χ4v) is 5.04. The lowest BCUT2D eigenvalue weighted by molar-refractivity contribution is -0.139. The van der Waals surface area contributed by atoms with Crippen molar-refractivity contribution in [3.05, 3.63) is 120 Å². The molecule has 0 amide bonds. The van der Waals surface area contributed by atoms with Gasteiger partial charge in [-0.3, -0.25) is 0 Å². The number of aliphatic carboxylic acids is 1. The van der Waals surface area contributed by atoms with Crippen molar-refractivity contribution in [2.45, 2.75) is 23.5 Å². The molecule has 0 spiro atoms. The SMILES string of the molecule is Cc1cc(SC(Cc2ccccc2)c2ccc(-c3ccc(F)cc3)cc2)ccc1OCC(=O)O. The van der Waals surface area contributed by atoms with Crippen molar-refractivity contribution in [1.82, 2.24) is 0 Å². The van der Waals surface area contributed by atoms with Gasteiger partial charge in [-0.1, -0.05) is 66.7 Å². The first-order valence-corrected chi connectivity index (χ1v) is 11.9. The molecular formula is C29H25FO3S. The fraction of sp³-hybridized carbons (Fsp3) is 0.138. The largest absolute Gasteiger partial charge is 0.482 e. The third kappa shape index (κ3) is 6.27. The normalized spacial score (nSPS) is 11.7. The zero-order chi connectivity index (χ0) is 23.9. The number of ether oxygens (including phenoxy) is 1. The molecule has 3 nitrogen and oxygen atoms in total. The second-order valence-electron chi connectivity index (χ2n) is 8.03. The van der Waals surface area contributed by atoms with Crippen LogP contribution < -0.4 is 4.74 Å². The van der Waals surface area contributed by atoms with E-state index in [1.165, 1.54) is 23.3 Å². The van der Waals surface area contributed by atoms with Crippen LogP contribution in [0.25, 0.3) is 11.1 Å². The van der Waals surface area contributed by atoms with Crippen LogP contribution in [0.2, 0.25) is 0 Å². The minimum Gasteiger partial charge on any atom is -0.482 e. The number of hydrogen-bond acceptors (Lipinski definition) is 3. The molecule has 4 rings (SSSR count). The number of carbonyl (C=O) groups is 1. The van der Waals surface area contributed by atoms with Crippen LogP contribution in [0.15, 0.2) is 102 Å². The molecule has 34 heavy (non-hydrogen) atoms. The van der Waals surface area contributed by atoms with Crippen molar-refractivity contribution in [2.75, 3.05) is 6.61 Å². The van der Waals surface area contributed by atoms with Crippen LogP contribution in [0.5, 0.6) is 5.75 Å². The van der Waals surface area contributed by atoms with Gasteiger partial charge in [0.2, 0.25) is 0 Å². The molecule has 1 atom stereocenters. The van der Waals surface area contributed by atoms with Gasteiger partial charge in [-0.25, -0.2) is 9.18 Å². The molecule has 0 bridgehead atoms. The van der Waals surface area contributed by atoms with E-state index in [-0.39, 0.29) is 17.7 Å². The Balaban J connectivity index is 1.57. The third-order valence-corrected chi connectivity index (χ3v) is 6.75. The zero-order valence-electron chi connectivity index (χ0n) is 18.8. The summed E-state index contributed by atoms with van der Waals surface area (Å²) >= 11 is 1.77. The van der Waals surface area contributed by atoms with Gasteiger partial charge in [0, 0.05) is 10.1 Å². The lowest BCUT2D eigenvalue weighted by Crippen LogP contribution is -2.10. The monoisotopic (exact) mass is 472 g/mol. The lowest BCUT2D eigenvalue weighted by Gasteiger charge is -2.19. The van der Waals surface area contributed by atoms with Gasteiger partial charge < -0.3 is 9.84 Å². The quantitative estimate of drug-likeness (QED) is 0.259. The predicted octanol–water partition coefficient (Wildman–Crippen LogP) is 7.34. The van der Waals surface area contributed by atoms with Gasteiger partial charge in [0.25, 0.3) is 0 Å². The average molecular weight is 473 g/mol. The second kappa shape index (κ2) is 11.0. The van der Waals surface area contributed by atoms with E-state index in [0.717, 1.165) is 28.0 Å². The smallest absolute Gasteiger partial charge is 0.341 e. The molecular weight excluding hydrogens is 447 g/mol. The number of carboxylic acids is 1. The highest BCUT2D eigenvalue weighted by molar-refractivity contribution is 7.99. The van der Waals surface area contributed by atoms with Gasteiger partial charge in [-0.05, 0) is 71.5 Å². The Morgan fingerprint density at radius 3 is 2.18 bits per heavy atom. The molecule has 5 heteroatoms. The molecule has 0 aromatic heterocycles. The van der Waals surface area contributed by atoms with Crippen molar-refractivity contribution < 1.29 is 19.0 Å². The van der Waals surface area contributed by atoms with Gasteiger partial charge in [-0.15, -0.1) is 11.8 Å². The summed E-state index contributed by atoms with van der Waals surface area (Å²) in [4.78, 5) is 11.9. The zero-order valence-corrected chi connectivity index (χ0v) is 19.6. The van der Waals surface area contributed by atoms with E-state index in [1.807, 2.05) is 43.3 Å². The number of thioether (sulfide) groups is 1. The van der Waals surface area contributed by atoms with Crippen molar-refractivity contribution >= 4 is 17.7 Å². The maximum atomic E-state index is 13.3. The number of rotatable bonds is 9. The van der Waals surface area contributed by atoms with Crippen molar-refractivity contribution in [2.24, 2.45) is 0 Å². The molecule has 4 aromatic rings. The maximum Gasteiger partial charge on any atom is 0.341 e. The first kappa shape index (κ1) is 23.6. The maximum absolute atomic E-state index is 13.3. The Hall–Kier alpha value is -3.57. The van der Waals surface area contributed by atoms with Gasteiger partial charge >= 0.3 is 5.97 Å². The van der Waals surface area contributed by atoms with Crippen LogP contribution in [-0.2, 0) is 11.2 Å². The molecule has 0 heterocycles. The van der Waals surface area contributed by atoms with E-state index in [1.54, 1.807) is 23.9 Å². The van der Waals surface area contributed by atoms with Crippen LogP contribution >= 0.6 is 11.8 Å². The Kier molecular flexibility index (Phi) is 7.65. The number of benzene rings is 4. The van der Waals surface area contributed by atoms with E-state index < -0.39 is 5.97 Å². The molecule has 0 aliphatic heterocycles. The van der Waals surface area contributed by atoms with Crippen LogP contribution in [0.3, 0.4) is 0 Å². The molecule has 0 saturated carbocycles. The standard InChI is InChI=1S/C29H25FO3S/c1-20-17-26(15-16-27(20)33-19-29(31)32)34-28(18-21-5-3-2-4-6-21)24-9-7-22(8-10-24)23-11-13-25(30)14-12-23/h2-17,28H,18-19H2,1H3,(H,31,32). The topological polar surface area (TPSA) is 46.5 Å². The number of carboxylic acid groups (broad SMARTS) is 1. The van der Waals surface area contributed by atoms with Crippen LogP contribution in [0, 0.1) is 12.7 Å². The van der Waals surface area contributed by atoms with Gasteiger partial charge in [0.05, 0.1) is 0 Å². The highest BCUT2D eigenvalue weighted by Gasteiger charge is 2.16. The third-order valence-electron chi connectivity index (χ3n) is 5.50. The molecule has 172 valence electrons. The molecule has 0 radical (unpaired) electrons. The minimum atomic E-state index is -0.995. The van der Waals surface area contributed by atoms with Crippen LogP contribution in [-0.4, -0.2) is 17.7 Å². The molecule has 4 aromatic carbocycles. The van der Waals surface area contributed by atoms with Crippen molar-refractivity contribution in [1.29, 1.82) is 0 Å². The van der Waals surface area contributed by atoms with Crippen molar-refractivity contribution in [3.8, 4) is 16.9 Å². The Morgan fingerprint density at radius 1 is 0.912 bits per heavy atom. The Bertz CT molecular complexity index is 1240. The summed E-state index contributed by atoms with van der Waals surface area (Å²) in [5.41, 5.74) is 5.37. The van der Waals surface area contributed by atoms with Gasteiger partial charge in [0.1, 0.15) is 11.6 Å². The summed E-state index contributed by atoms with van der Waals surface area (Å²) in [5.74, 6) is -0.658. The summed E-state index contributed by atoms with van der Waals surface area (Å²) in [7, 11) is 0. The van der Waals surface area contributed by atoms with Crippen molar-refractivity contribution in [3.63, 3.8) is 0 Å². The molecule has 0 fully saturated rings. The van der Waals surface area contributed by atoms with E-state index in [4.69, 9.17) is 9.84 Å². The van der Waals surface area contributed by atoms with E-state index >= 15 is 0 Å². The summed E-state index contributed by atoms with van der Waals surface area (Å²) < 4.78 is 18.7. The van der Waals surface area contributed by atoms with Crippen LogP contribution in [0.4, 0.5) is 4.39 Å². The molecule has 0 aliphatic carbocycles. The first-order chi connectivity index (χ1) is 16.5. The number of aryl methyl sites for hydroxylation is 1. The van der Waals surface area contributed by atoms with E-state index in [0.29, 0.717) is 5.75 Å². The fourth-order valence-electron chi connectivity index (χ4n) is 3.75. The minimum absolute atomic E-state index is 0.176. The summed E-state index contributed by atoms with van der Waals surface area (Å²) in [6.45, 7) is 1.56. The van der Waals surface area contributed by atoms with Crippen LogP contribution in [0.1, 0.15) is 21.9 Å². The molecule has 1 unspecified atom stereocenters. The Morgan fingerprint density at radius 2 is 1.56 bits per heavy atom. The lowest BCUT2D eigenvalue weighted by atomic mass is 10.00. The van der Waals surface area contributed by atoms with Gasteiger partial charge in [0.15, 0.2) is 6.61 Å². The highest BCUT2D eigenvalue weighted by atomic mass is 32.2. The van der Waals surface area contributed by atoms with Gasteiger partial charge in [-0.2, -0.15) is 0 Å². The highest BCUT2D eigenvalue weighted by Crippen LogP contribution is 2.40. The summed E-state index contributed by atoms with van der Waals surface area (Å²) in [5, 5.41) is 9.04. The number of hydrogen-bond donors (Lipinski definition) is 1. The average Bonchev–Trinajstić information content (AvgIpc) is 2.84. The molecule has 0 saturated heterocycles. The molecule has 0 aliphatic rings. The van der Waals surface area contributed by atoms with E-state index in [2.05, 4.69) is 36.4 Å². The number of halogens is 1. The summed E-state index contributed by atoms with van der Waals surface area (Å²) in [6, 6.07) is 31.2. The predicted molar refractivity (Wildman–Crippen MR) is 135 cm³/mol. The van der Waals surface area contributed by atoms with E-state index in [9.17, 15) is 9.18 Å². The second-order valence-corrected chi connectivity index (χ2v) is 9.31. The Labute approximate surface area is 203 Å². The molecule has 1 N–H and O–H groups in total. The summed E-state index contributed by atoms with van der Waals surface area (Å²) in [6.07, 6.45) is 0.859.